The van der Waals surface area contributed by atoms with Gasteiger partial charge in [0, 0.05) is 12.1 Å². The van der Waals surface area contributed by atoms with Gasteiger partial charge >= 0.3 is 0 Å². The first-order chi connectivity index (χ1) is 8.22. The van der Waals surface area contributed by atoms with E-state index in [1.54, 1.807) is 0 Å². The molecular weight excluding hydrogens is 210 g/mol. The first-order valence-electron chi connectivity index (χ1n) is 5.99. The summed E-state index contributed by atoms with van der Waals surface area (Å²) in [7, 11) is 4.00. The molecule has 3 nitrogen and oxygen atoms in total. The summed E-state index contributed by atoms with van der Waals surface area (Å²) in [5.41, 5.74) is 1.06. The third-order valence-corrected chi connectivity index (χ3v) is 2.14. The molecule has 1 aliphatic carbocycles. The summed E-state index contributed by atoms with van der Waals surface area (Å²) in [4.78, 5) is 11.0. The first-order valence-corrected chi connectivity index (χ1v) is 5.99. The Kier molecular flexibility index (Phi) is 6.18. The second-order valence-electron chi connectivity index (χ2n) is 4.14. The number of allylic oxidation sites excluding steroid dienone is 5. The highest BCUT2D eigenvalue weighted by Gasteiger charge is 1.98. The molecule has 0 saturated heterocycles. The lowest BCUT2D eigenvalue weighted by Crippen LogP contribution is -2.12. The lowest BCUT2D eigenvalue weighted by molar-refractivity contribution is 0.424. The van der Waals surface area contributed by atoms with Crippen LogP contribution in [0, 0.1) is 0 Å². The summed E-state index contributed by atoms with van der Waals surface area (Å²) in [5, 5.41) is 0. The van der Waals surface area contributed by atoms with Crippen LogP contribution < -0.4 is 0 Å². The molecule has 0 aromatic rings. The van der Waals surface area contributed by atoms with Crippen molar-refractivity contribution in [3.8, 4) is 0 Å². The SMILES string of the molecule is CCC=C/C(N=C1C=CC=CC1)=N/CN(C)C. The fraction of sp³-hybridized carbons (Fsp3) is 0.429. The number of nitrogens with zero attached hydrogens (tertiary/aromatic N) is 3. The molecule has 3 heteroatoms. The molecule has 0 spiro atoms. The molecule has 0 aliphatic heterocycles. The van der Waals surface area contributed by atoms with E-state index in [4.69, 9.17) is 0 Å². The lowest BCUT2D eigenvalue weighted by atomic mass is 10.1. The summed E-state index contributed by atoms with van der Waals surface area (Å²) >= 11 is 0. The summed E-state index contributed by atoms with van der Waals surface area (Å²) in [5.74, 6) is 0.801. The molecule has 1 rings (SSSR count). The fourth-order valence-corrected chi connectivity index (χ4v) is 1.29. The number of rotatable bonds is 4. The molecule has 0 aromatic heterocycles. The number of aliphatic imine (C=N–C) groups is 2. The van der Waals surface area contributed by atoms with Gasteiger partial charge in [0.25, 0.3) is 0 Å². The Morgan fingerprint density at radius 1 is 1.41 bits per heavy atom. The van der Waals surface area contributed by atoms with E-state index in [-0.39, 0.29) is 0 Å². The Labute approximate surface area is 104 Å². The van der Waals surface area contributed by atoms with Crippen molar-refractivity contribution in [1.29, 1.82) is 0 Å². The quantitative estimate of drug-likeness (QED) is 0.540. The average molecular weight is 231 g/mol. The van der Waals surface area contributed by atoms with Gasteiger partial charge < -0.3 is 0 Å². The molecule has 0 unspecified atom stereocenters. The largest absolute Gasteiger partial charge is 0.291 e. The molecule has 0 atom stereocenters. The Bertz CT molecular complexity index is 371. The molecule has 0 fully saturated rings. The lowest BCUT2D eigenvalue weighted by Gasteiger charge is -2.06. The van der Waals surface area contributed by atoms with Crippen molar-refractivity contribution in [2.45, 2.75) is 19.8 Å². The summed E-state index contributed by atoms with van der Waals surface area (Å²) in [6, 6.07) is 0. The fourth-order valence-electron chi connectivity index (χ4n) is 1.29. The maximum absolute atomic E-state index is 4.56. The zero-order valence-electron chi connectivity index (χ0n) is 10.9. The van der Waals surface area contributed by atoms with E-state index in [2.05, 4.69) is 29.1 Å². The second-order valence-corrected chi connectivity index (χ2v) is 4.14. The highest BCUT2D eigenvalue weighted by Crippen LogP contribution is 2.01. The smallest absolute Gasteiger partial charge is 0.148 e. The van der Waals surface area contributed by atoms with Gasteiger partial charge in [-0.3, -0.25) is 9.89 Å². The molecular formula is C14H21N3. The van der Waals surface area contributed by atoms with Crippen LogP contribution in [-0.4, -0.2) is 37.2 Å². The molecule has 0 bridgehead atoms. The normalized spacial score (nSPS) is 18.8. The number of hydrogen-bond donors (Lipinski definition) is 0. The predicted molar refractivity (Wildman–Crippen MR) is 75.8 cm³/mol. The average Bonchev–Trinajstić information content (AvgIpc) is 2.34. The van der Waals surface area contributed by atoms with Crippen molar-refractivity contribution >= 4 is 11.5 Å². The van der Waals surface area contributed by atoms with Crippen LogP contribution >= 0.6 is 0 Å². The van der Waals surface area contributed by atoms with Gasteiger partial charge in [0.1, 0.15) is 5.84 Å². The maximum Gasteiger partial charge on any atom is 0.148 e. The van der Waals surface area contributed by atoms with Crippen LogP contribution in [0.25, 0.3) is 0 Å². The zero-order chi connectivity index (χ0) is 12.5. The molecule has 0 amide bonds. The van der Waals surface area contributed by atoms with Crippen molar-refractivity contribution in [2.24, 2.45) is 9.98 Å². The van der Waals surface area contributed by atoms with Crippen LogP contribution in [0.4, 0.5) is 0 Å². The third kappa shape index (κ3) is 5.97. The van der Waals surface area contributed by atoms with Crippen molar-refractivity contribution in [1.82, 2.24) is 4.90 Å². The van der Waals surface area contributed by atoms with Gasteiger partial charge in [-0.25, -0.2) is 4.99 Å². The highest BCUT2D eigenvalue weighted by atomic mass is 15.2. The van der Waals surface area contributed by atoms with Gasteiger partial charge in [-0.05, 0) is 32.7 Å². The first kappa shape index (κ1) is 13.6. The van der Waals surface area contributed by atoms with E-state index in [1.807, 2.05) is 43.3 Å². The molecule has 17 heavy (non-hydrogen) atoms. The van der Waals surface area contributed by atoms with Gasteiger partial charge in [-0.2, -0.15) is 0 Å². The highest BCUT2D eigenvalue weighted by molar-refractivity contribution is 6.08. The van der Waals surface area contributed by atoms with Crippen LogP contribution in [0.1, 0.15) is 19.8 Å². The molecule has 0 aromatic carbocycles. The van der Waals surface area contributed by atoms with Crippen molar-refractivity contribution in [3.05, 3.63) is 36.5 Å². The topological polar surface area (TPSA) is 28.0 Å². The van der Waals surface area contributed by atoms with Gasteiger partial charge in [0.2, 0.25) is 0 Å². The van der Waals surface area contributed by atoms with Crippen LogP contribution in [-0.2, 0) is 0 Å². The monoisotopic (exact) mass is 231 g/mol. The molecule has 0 radical (unpaired) electrons. The van der Waals surface area contributed by atoms with E-state index < -0.39 is 0 Å². The second kappa shape index (κ2) is 7.74. The number of amidine groups is 1. The molecule has 0 N–H and O–H groups in total. The van der Waals surface area contributed by atoms with Gasteiger partial charge in [-0.15, -0.1) is 0 Å². The number of hydrogen-bond acceptors (Lipinski definition) is 2. The predicted octanol–water partition coefficient (Wildman–Crippen LogP) is 2.83. The minimum Gasteiger partial charge on any atom is -0.291 e. The Balaban J connectivity index is 2.76. The molecule has 0 saturated carbocycles. The molecule has 92 valence electrons. The van der Waals surface area contributed by atoms with E-state index >= 15 is 0 Å². The Hall–Kier alpha value is -1.48. The van der Waals surface area contributed by atoms with Crippen LogP contribution in [0.5, 0.6) is 0 Å². The summed E-state index contributed by atoms with van der Waals surface area (Å²) in [6.07, 6.45) is 14.1. The van der Waals surface area contributed by atoms with E-state index in [0.29, 0.717) is 6.67 Å². The standard InChI is InChI=1S/C14H21N3/c1-4-5-11-14(15-12-17(2)3)16-13-9-7-6-8-10-13/h5-9,11H,4,10,12H2,1-3H3/b11-5?,15-14-,16-13?. The van der Waals surface area contributed by atoms with E-state index in [0.717, 1.165) is 24.4 Å². The van der Waals surface area contributed by atoms with Crippen molar-refractivity contribution < 1.29 is 0 Å². The third-order valence-electron chi connectivity index (χ3n) is 2.14. The van der Waals surface area contributed by atoms with Crippen LogP contribution in [0.2, 0.25) is 0 Å². The summed E-state index contributed by atoms with van der Waals surface area (Å²) < 4.78 is 0. The van der Waals surface area contributed by atoms with Crippen molar-refractivity contribution in [2.75, 3.05) is 20.8 Å². The Morgan fingerprint density at radius 3 is 2.82 bits per heavy atom. The maximum atomic E-state index is 4.56. The minimum atomic E-state index is 0.666. The van der Waals surface area contributed by atoms with Crippen LogP contribution in [0.15, 0.2) is 46.4 Å². The van der Waals surface area contributed by atoms with Gasteiger partial charge in [-0.1, -0.05) is 31.2 Å². The van der Waals surface area contributed by atoms with Gasteiger partial charge in [0.15, 0.2) is 0 Å². The van der Waals surface area contributed by atoms with E-state index in [9.17, 15) is 0 Å². The zero-order valence-corrected chi connectivity index (χ0v) is 10.9. The van der Waals surface area contributed by atoms with Crippen molar-refractivity contribution in [3.63, 3.8) is 0 Å². The Morgan fingerprint density at radius 2 is 2.24 bits per heavy atom. The minimum absolute atomic E-state index is 0.666. The summed E-state index contributed by atoms with van der Waals surface area (Å²) in [6.45, 7) is 2.77. The van der Waals surface area contributed by atoms with Crippen LogP contribution in [0.3, 0.4) is 0 Å². The molecule has 0 heterocycles. The van der Waals surface area contributed by atoms with E-state index in [1.165, 1.54) is 0 Å². The van der Waals surface area contributed by atoms with Gasteiger partial charge in [0.05, 0.1) is 6.67 Å². The molecule has 1 aliphatic rings.